The van der Waals surface area contributed by atoms with E-state index in [1.807, 2.05) is 0 Å². The van der Waals surface area contributed by atoms with Gasteiger partial charge in [0.15, 0.2) is 0 Å². The zero-order valence-corrected chi connectivity index (χ0v) is 7.96. The van der Waals surface area contributed by atoms with Gasteiger partial charge in [0.25, 0.3) is 0 Å². The topological polar surface area (TPSA) is 33.0 Å². The maximum absolute atomic E-state index is 12.6. The monoisotopic (exact) mass is 233 g/mol. The molecule has 0 bridgehead atoms. The van der Waals surface area contributed by atoms with E-state index in [1.54, 1.807) is 6.07 Å². The van der Waals surface area contributed by atoms with E-state index in [1.165, 1.54) is 18.2 Å². The van der Waals surface area contributed by atoms with E-state index in [2.05, 4.69) is 4.74 Å². The van der Waals surface area contributed by atoms with Crippen molar-refractivity contribution in [3.63, 3.8) is 0 Å². The molecule has 0 radical (unpaired) electrons. The lowest BCUT2D eigenvalue weighted by molar-refractivity contribution is -0.253. The highest BCUT2D eigenvalue weighted by atomic mass is 19.3. The maximum Gasteiger partial charge on any atom is 0.461 e. The fourth-order valence-corrected chi connectivity index (χ4v) is 1.03. The minimum Gasteiger partial charge on any atom is -0.428 e. The maximum atomic E-state index is 12.6. The summed E-state index contributed by atoms with van der Waals surface area (Å²) in [4.78, 5) is 0. The third-order valence-corrected chi connectivity index (χ3v) is 1.74. The second-order valence-electron chi connectivity index (χ2n) is 2.91. The number of hydrogen-bond donors (Lipinski definition) is 0. The van der Waals surface area contributed by atoms with Crippen LogP contribution in [0.25, 0.3) is 0 Å². The molecule has 0 N–H and O–H groups in total. The number of hydrogen-bond acceptors (Lipinski definition) is 2. The van der Waals surface area contributed by atoms with Crippen molar-refractivity contribution >= 4 is 0 Å². The van der Waals surface area contributed by atoms with Gasteiger partial charge in [-0.05, 0) is 6.07 Å². The molecule has 0 aliphatic carbocycles. The number of benzene rings is 1. The Morgan fingerprint density at radius 2 is 1.94 bits per heavy atom. The van der Waals surface area contributed by atoms with Gasteiger partial charge in [0, 0.05) is 5.56 Å². The highest BCUT2D eigenvalue weighted by Gasteiger charge is 2.44. The van der Waals surface area contributed by atoms with E-state index >= 15 is 0 Å². The molecule has 16 heavy (non-hydrogen) atoms. The third-order valence-electron chi connectivity index (χ3n) is 1.74. The quantitative estimate of drug-likeness (QED) is 0.749. The van der Waals surface area contributed by atoms with Crippen molar-refractivity contribution in [1.82, 2.24) is 0 Å². The summed E-state index contributed by atoms with van der Waals surface area (Å²) >= 11 is 0. The normalized spacial score (nSPS) is 11.2. The molecule has 0 heterocycles. The minimum absolute atomic E-state index is 0.144. The zero-order valence-electron chi connectivity index (χ0n) is 7.96. The first-order valence-corrected chi connectivity index (χ1v) is 4.27. The Morgan fingerprint density at radius 3 is 2.50 bits per heavy atom. The molecule has 6 heteroatoms. The van der Waals surface area contributed by atoms with Crippen LogP contribution < -0.4 is 4.74 Å². The van der Waals surface area contributed by atoms with Crippen molar-refractivity contribution in [1.29, 1.82) is 5.26 Å². The molecule has 1 aromatic carbocycles. The Hall–Kier alpha value is -1.77. The van der Waals surface area contributed by atoms with Gasteiger partial charge >= 0.3 is 12.5 Å². The molecule has 0 atom stereocenters. The van der Waals surface area contributed by atoms with Gasteiger partial charge in [-0.25, -0.2) is 0 Å². The molecule has 0 amide bonds. The fourth-order valence-electron chi connectivity index (χ4n) is 1.03. The highest BCUT2D eigenvalue weighted by Crippen LogP contribution is 2.29. The van der Waals surface area contributed by atoms with Gasteiger partial charge in [0.2, 0.25) is 0 Å². The number of ether oxygens (including phenoxy) is 1. The van der Waals surface area contributed by atoms with Crippen LogP contribution >= 0.6 is 0 Å². The third kappa shape index (κ3) is 2.86. The SMILES string of the molecule is N#CCc1ccccc1OC(F)(F)C(F)F. The fraction of sp³-hybridized carbons (Fsp3) is 0.300. The average molecular weight is 233 g/mol. The van der Waals surface area contributed by atoms with Crippen LogP contribution in [0.1, 0.15) is 5.56 Å². The zero-order chi connectivity index (χ0) is 12.2. The molecule has 86 valence electrons. The number of rotatable bonds is 4. The number of para-hydroxylation sites is 1. The Balaban J connectivity index is 2.93. The smallest absolute Gasteiger partial charge is 0.428 e. The van der Waals surface area contributed by atoms with Gasteiger partial charge < -0.3 is 4.74 Å². The van der Waals surface area contributed by atoms with Crippen LogP contribution in [0.4, 0.5) is 17.6 Å². The molecule has 0 aliphatic rings. The van der Waals surface area contributed by atoms with E-state index in [9.17, 15) is 17.6 Å². The summed E-state index contributed by atoms with van der Waals surface area (Å²) < 4.78 is 52.9. The van der Waals surface area contributed by atoms with Crippen LogP contribution in [0.5, 0.6) is 5.75 Å². The first-order chi connectivity index (χ1) is 7.47. The van der Waals surface area contributed by atoms with Gasteiger partial charge in [-0.2, -0.15) is 22.8 Å². The molecule has 0 fully saturated rings. The number of alkyl halides is 4. The number of halogens is 4. The number of nitrogens with zero attached hydrogens (tertiary/aromatic N) is 1. The summed E-state index contributed by atoms with van der Waals surface area (Å²) in [6, 6.07) is 7.06. The standard InChI is InChI=1S/C10H7F4NO/c11-9(12)10(13,14)16-8-4-2-1-3-7(8)5-6-15/h1-4,9H,5H2. The van der Waals surface area contributed by atoms with Gasteiger partial charge in [-0.15, -0.1) is 0 Å². The summed E-state index contributed by atoms with van der Waals surface area (Å²) in [7, 11) is 0. The van der Waals surface area contributed by atoms with Crippen molar-refractivity contribution in [2.75, 3.05) is 0 Å². The molecule has 1 rings (SSSR count). The van der Waals surface area contributed by atoms with Gasteiger partial charge in [-0.3, -0.25) is 0 Å². The van der Waals surface area contributed by atoms with Crippen LogP contribution in [-0.4, -0.2) is 12.5 Å². The van der Waals surface area contributed by atoms with Crippen molar-refractivity contribution in [3.8, 4) is 11.8 Å². The van der Waals surface area contributed by atoms with E-state index in [0.29, 0.717) is 0 Å². The highest BCUT2D eigenvalue weighted by molar-refractivity contribution is 5.35. The van der Waals surface area contributed by atoms with Crippen LogP contribution in [0.15, 0.2) is 24.3 Å². The molecular formula is C10H7F4NO. The summed E-state index contributed by atoms with van der Waals surface area (Å²) in [5, 5.41) is 8.41. The van der Waals surface area contributed by atoms with E-state index in [-0.39, 0.29) is 12.0 Å². The molecule has 2 nitrogen and oxygen atoms in total. The first kappa shape index (κ1) is 12.3. The number of nitriles is 1. The van der Waals surface area contributed by atoms with Crippen LogP contribution in [0.2, 0.25) is 0 Å². The molecule has 1 aromatic rings. The summed E-state index contributed by atoms with van der Waals surface area (Å²) in [6.45, 7) is 0. The van der Waals surface area contributed by atoms with Crippen molar-refractivity contribution in [2.24, 2.45) is 0 Å². The first-order valence-electron chi connectivity index (χ1n) is 4.27. The Kier molecular flexibility index (Phi) is 3.72. The summed E-state index contributed by atoms with van der Waals surface area (Å²) in [6.07, 6.45) is -8.65. The summed E-state index contributed by atoms with van der Waals surface area (Å²) in [5.74, 6) is -0.408. The molecule has 0 unspecified atom stereocenters. The molecule has 0 saturated carbocycles. The van der Waals surface area contributed by atoms with Crippen LogP contribution in [0, 0.1) is 11.3 Å². The largest absolute Gasteiger partial charge is 0.461 e. The second kappa shape index (κ2) is 4.84. The van der Waals surface area contributed by atoms with Gasteiger partial charge in [0.05, 0.1) is 12.5 Å². The predicted molar refractivity (Wildman–Crippen MR) is 47.3 cm³/mol. The lowest BCUT2D eigenvalue weighted by Gasteiger charge is -2.18. The molecule has 0 aromatic heterocycles. The molecule has 0 aliphatic heterocycles. The van der Waals surface area contributed by atoms with E-state index in [4.69, 9.17) is 5.26 Å². The minimum atomic E-state index is -4.55. The second-order valence-corrected chi connectivity index (χ2v) is 2.91. The van der Waals surface area contributed by atoms with E-state index in [0.717, 1.165) is 6.07 Å². The average Bonchev–Trinajstić information content (AvgIpc) is 2.20. The van der Waals surface area contributed by atoms with Crippen LogP contribution in [-0.2, 0) is 6.42 Å². The Labute approximate surface area is 89.1 Å². The van der Waals surface area contributed by atoms with Crippen molar-refractivity contribution in [3.05, 3.63) is 29.8 Å². The molecule has 0 spiro atoms. The van der Waals surface area contributed by atoms with E-state index < -0.39 is 18.3 Å². The lowest BCUT2D eigenvalue weighted by Crippen LogP contribution is -2.33. The molecular weight excluding hydrogens is 226 g/mol. The lowest BCUT2D eigenvalue weighted by atomic mass is 10.1. The van der Waals surface area contributed by atoms with Crippen molar-refractivity contribution < 1.29 is 22.3 Å². The summed E-state index contributed by atoms with van der Waals surface area (Å²) in [5.41, 5.74) is 0.144. The Bertz CT molecular complexity index is 400. The van der Waals surface area contributed by atoms with Gasteiger partial charge in [-0.1, -0.05) is 18.2 Å². The molecule has 0 saturated heterocycles. The van der Waals surface area contributed by atoms with Crippen molar-refractivity contribution in [2.45, 2.75) is 19.0 Å². The van der Waals surface area contributed by atoms with Gasteiger partial charge in [0.1, 0.15) is 5.75 Å². The Morgan fingerprint density at radius 1 is 1.31 bits per heavy atom. The predicted octanol–water partition coefficient (Wildman–Crippen LogP) is 2.99. The van der Waals surface area contributed by atoms with Crippen LogP contribution in [0.3, 0.4) is 0 Å².